The van der Waals surface area contributed by atoms with E-state index in [0.717, 1.165) is 0 Å². The van der Waals surface area contributed by atoms with E-state index in [1.807, 2.05) is 27.7 Å². The van der Waals surface area contributed by atoms with Gasteiger partial charge in [-0.25, -0.2) is 0 Å². The molecule has 24 heavy (non-hydrogen) atoms. The van der Waals surface area contributed by atoms with Crippen LogP contribution >= 0.6 is 24.0 Å². The Balaban J connectivity index is 0.00000529. The summed E-state index contributed by atoms with van der Waals surface area (Å²) >= 11 is 0. The number of alkyl halides is 3. The lowest BCUT2D eigenvalue weighted by atomic mass is 9.96. The molecule has 6 nitrogen and oxygen atoms in total. The predicted molar refractivity (Wildman–Crippen MR) is 96.5 cm³/mol. The summed E-state index contributed by atoms with van der Waals surface area (Å²) in [6, 6.07) is 0.0293. The maximum absolute atomic E-state index is 12.4. The Hall–Kier alpha value is -0.780. The highest BCUT2D eigenvalue weighted by molar-refractivity contribution is 14.0. The molecule has 1 fully saturated rings. The third-order valence-corrected chi connectivity index (χ3v) is 3.68. The van der Waals surface area contributed by atoms with Gasteiger partial charge in [-0.05, 0) is 27.7 Å². The van der Waals surface area contributed by atoms with E-state index in [9.17, 15) is 18.0 Å². The van der Waals surface area contributed by atoms with Crippen molar-refractivity contribution in [1.29, 1.82) is 0 Å². The fourth-order valence-electron chi connectivity index (χ4n) is 2.95. The van der Waals surface area contributed by atoms with Gasteiger partial charge in [0.05, 0.1) is 18.6 Å². The van der Waals surface area contributed by atoms with Crippen molar-refractivity contribution >= 4 is 35.8 Å². The molecule has 1 atom stereocenters. The van der Waals surface area contributed by atoms with Gasteiger partial charge in [-0.2, -0.15) is 13.2 Å². The van der Waals surface area contributed by atoms with Gasteiger partial charge in [-0.15, -0.1) is 24.0 Å². The zero-order chi connectivity index (χ0) is 18.0. The van der Waals surface area contributed by atoms with Crippen LogP contribution in [0.3, 0.4) is 0 Å². The number of carbonyl (C=O) groups excluding carboxylic acids is 1. The van der Waals surface area contributed by atoms with E-state index in [1.54, 1.807) is 9.80 Å². The molecule has 2 N–H and O–H groups in total. The van der Waals surface area contributed by atoms with Gasteiger partial charge in [-0.1, -0.05) is 0 Å². The molecule has 1 aliphatic rings. The molecule has 0 aliphatic carbocycles. The van der Waals surface area contributed by atoms with Gasteiger partial charge in [0.25, 0.3) is 0 Å². The Morgan fingerprint density at radius 3 is 2.33 bits per heavy atom. The zero-order valence-electron chi connectivity index (χ0n) is 14.5. The number of carbonyl (C=O) groups is 1. The molecular weight excluding hydrogens is 440 g/mol. The first-order chi connectivity index (χ1) is 10.4. The van der Waals surface area contributed by atoms with E-state index in [1.165, 1.54) is 7.05 Å². The summed E-state index contributed by atoms with van der Waals surface area (Å²) in [6.45, 7) is 7.38. The fourth-order valence-corrected chi connectivity index (χ4v) is 2.95. The second-order valence-corrected chi connectivity index (χ2v) is 6.51. The molecule has 0 aromatic heterocycles. The number of aliphatic hydroxyl groups is 1. The maximum atomic E-state index is 12.4. The van der Waals surface area contributed by atoms with Crippen LogP contribution < -0.4 is 5.32 Å². The summed E-state index contributed by atoms with van der Waals surface area (Å²) in [6.07, 6.45) is -7.18. The molecule has 0 aromatic carbocycles. The van der Waals surface area contributed by atoms with Crippen LogP contribution in [-0.2, 0) is 4.79 Å². The third-order valence-electron chi connectivity index (χ3n) is 3.68. The van der Waals surface area contributed by atoms with Crippen LogP contribution in [0.5, 0.6) is 0 Å². The molecule has 0 saturated carbocycles. The van der Waals surface area contributed by atoms with Crippen LogP contribution in [-0.4, -0.2) is 77.3 Å². The highest BCUT2D eigenvalue weighted by atomic mass is 127. The van der Waals surface area contributed by atoms with E-state index < -0.39 is 24.4 Å². The monoisotopic (exact) mass is 466 g/mol. The minimum Gasteiger partial charge on any atom is -0.382 e. The second kappa shape index (κ2) is 8.54. The van der Waals surface area contributed by atoms with E-state index in [4.69, 9.17) is 5.11 Å². The summed E-state index contributed by atoms with van der Waals surface area (Å²) in [5.74, 6) is 0.0497. The molecule has 0 bridgehead atoms. The van der Waals surface area contributed by atoms with Crippen LogP contribution in [0.25, 0.3) is 0 Å². The van der Waals surface area contributed by atoms with Gasteiger partial charge in [-0.3, -0.25) is 9.79 Å². The number of amides is 1. The number of aliphatic imine (C=N–C) groups is 1. The number of hydrogen-bond donors (Lipinski definition) is 2. The standard InChI is InChI=1S/C14H25F3N4O2.HI/c1-9(2)21-11(23)7-20(8-13(21,3)4)12(18-5)19-6-10(22)14(15,16)17;/h9-10,22H,6-8H2,1-5H3,(H,18,19);1H. The Bertz CT molecular complexity index is 469. The summed E-state index contributed by atoms with van der Waals surface area (Å²) in [5.41, 5.74) is -0.482. The highest BCUT2D eigenvalue weighted by Crippen LogP contribution is 2.24. The van der Waals surface area contributed by atoms with Crippen LogP contribution in [0.15, 0.2) is 4.99 Å². The number of rotatable bonds is 3. The van der Waals surface area contributed by atoms with Crippen LogP contribution in [0.2, 0.25) is 0 Å². The Morgan fingerprint density at radius 2 is 1.96 bits per heavy atom. The van der Waals surface area contributed by atoms with Gasteiger partial charge in [0.2, 0.25) is 5.91 Å². The minimum atomic E-state index is -4.70. The molecule has 1 amide bonds. The first-order valence-electron chi connectivity index (χ1n) is 7.42. The highest BCUT2D eigenvalue weighted by Gasteiger charge is 2.42. The smallest absolute Gasteiger partial charge is 0.382 e. The Morgan fingerprint density at radius 1 is 1.42 bits per heavy atom. The van der Waals surface area contributed by atoms with Crippen molar-refractivity contribution in [3.8, 4) is 0 Å². The minimum absolute atomic E-state index is 0. The molecule has 1 heterocycles. The Kier molecular flexibility index (Phi) is 8.27. The van der Waals surface area contributed by atoms with Crippen molar-refractivity contribution < 1.29 is 23.1 Å². The topological polar surface area (TPSA) is 68.2 Å². The van der Waals surface area contributed by atoms with Gasteiger partial charge >= 0.3 is 6.18 Å². The van der Waals surface area contributed by atoms with E-state index >= 15 is 0 Å². The molecule has 142 valence electrons. The molecule has 0 radical (unpaired) electrons. The van der Waals surface area contributed by atoms with Crippen LogP contribution in [0, 0.1) is 0 Å². The number of hydrogen-bond acceptors (Lipinski definition) is 3. The molecule has 1 unspecified atom stereocenters. The lowest BCUT2D eigenvalue weighted by molar-refractivity contribution is -0.201. The number of piperazine rings is 1. The number of guanidine groups is 1. The predicted octanol–water partition coefficient (Wildman–Crippen LogP) is 1.43. The van der Waals surface area contributed by atoms with E-state index in [0.29, 0.717) is 6.54 Å². The summed E-state index contributed by atoms with van der Waals surface area (Å²) in [4.78, 5) is 19.6. The van der Waals surface area contributed by atoms with Crippen molar-refractivity contribution in [2.24, 2.45) is 4.99 Å². The number of halogens is 4. The average molecular weight is 466 g/mol. The molecule has 0 spiro atoms. The third kappa shape index (κ3) is 5.64. The maximum Gasteiger partial charge on any atom is 0.416 e. The van der Waals surface area contributed by atoms with Crippen molar-refractivity contribution in [2.45, 2.75) is 51.6 Å². The molecule has 1 aliphatic heterocycles. The van der Waals surface area contributed by atoms with Crippen molar-refractivity contribution in [1.82, 2.24) is 15.1 Å². The first kappa shape index (κ1) is 23.2. The van der Waals surface area contributed by atoms with Crippen LogP contribution in [0.4, 0.5) is 13.2 Å². The van der Waals surface area contributed by atoms with Gasteiger partial charge in [0.15, 0.2) is 12.1 Å². The lowest BCUT2D eigenvalue weighted by Gasteiger charge is -2.49. The van der Waals surface area contributed by atoms with Crippen LogP contribution in [0.1, 0.15) is 27.7 Å². The number of nitrogens with one attached hydrogen (secondary N) is 1. The largest absolute Gasteiger partial charge is 0.416 e. The van der Waals surface area contributed by atoms with Crippen molar-refractivity contribution in [3.63, 3.8) is 0 Å². The Labute approximate surface area is 157 Å². The molecule has 10 heteroatoms. The van der Waals surface area contributed by atoms with E-state index in [2.05, 4.69) is 10.3 Å². The zero-order valence-corrected chi connectivity index (χ0v) is 16.8. The van der Waals surface area contributed by atoms with Crippen molar-refractivity contribution in [2.75, 3.05) is 26.7 Å². The van der Waals surface area contributed by atoms with Gasteiger partial charge in [0, 0.05) is 19.6 Å². The average Bonchev–Trinajstić information content (AvgIpc) is 2.35. The first-order valence-corrected chi connectivity index (χ1v) is 7.42. The van der Waals surface area contributed by atoms with Crippen molar-refractivity contribution in [3.05, 3.63) is 0 Å². The normalized spacial score (nSPS) is 20.1. The van der Waals surface area contributed by atoms with E-state index in [-0.39, 0.29) is 48.4 Å². The molecule has 0 aromatic rings. The summed E-state index contributed by atoms with van der Waals surface area (Å²) < 4.78 is 37.1. The molecule has 1 rings (SSSR count). The molecular formula is C14H26F3IN4O2. The summed E-state index contributed by atoms with van der Waals surface area (Å²) in [7, 11) is 1.43. The van der Waals surface area contributed by atoms with Gasteiger partial charge in [0.1, 0.15) is 0 Å². The lowest BCUT2D eigenvalue weighted by Crippen LogP contribution is -2.66. The van der Waals surface area contributed by atoms with Gasteiger partial charge < -0.3 is 20.2 Å². The number of nitrogens with zero attached hydrogens (tertiary/aromatic N) is 3. The second-order valence-electron chi connectivity index (χ2n) is 6.51. The summed E-state index contributed by atoms with van der Waals surface area (Å²) in [5, 5.41) is 11.5. The quantitative estimate of drug-likeness (QED) is 0.376. The fraction of sp³-hybridized carbons (Fsp3) is 0.857. The molecule has 1 saturated heterocycles. The number of aliphatic hydroxyl groups excluding tert-OH is 1. The SMILES string of the molecule is CN=C(NCC(O)C(F)(F)F)N1CC(=O)N(C(C)C)C(C)(C)C1.I.